The molecule has 0 aromatic heterocycles. The summed E-state index contributed by atoms with van der Waals surface area (Å²) in [6, 6.07) is 11.9. The van der Waals surface area contributed by atoms with Crippen LogP contribution in [0.25, 0.3) is 0 Å². The Kier molecular flexibility index (Phi) is 8.87. The van der Waals surface area contributed by atoms with Gasteiger partial charge in [0.25, 0.3) is 0 Å². The lowest BCUT2D eigenvalue weighted by Crippen LogP contribution is -2.51. The molecule has 2 aromatic rings. The van der Waals surface area contributed by atoms with Crippen LogP contribution in [-0.4, -0.2) is 58.1 Å². The fraction of sp³-hybridized carbons (Fsp3) is 0.417. The third-order valence-corrected chi connectivity index (χ3v) is 6.62. The minimum absolute atomic E-state index is 0.152. The number of likely N-dealkylation sites (N-methyl/N-ethyl adjacent to an activating group) is 1. The highest BCUT2D eigenvalue weighted by Crippen LogP contribution is 2.27. The number of hydrogen-bond acceptors (Lipinski definition) is 5. The number of methoxy groups -OCH3 is 1. The number of carbonyl (C=O) groups is 2. The van der Waals surface area contributed by atoms with Gasteiger partial charge in [-0.25, -0.2) is 8.42 Å². The zero-order valence-electron chi connectivity index (χ0n) is 20.1. The van der Waals surface area contributed by atoms with Gasteiger partial charge in [0.1, 0.15) is 18.3 Å². The molecule has 0 aliphatic carbocycles. The Morgan fingerprint density at radius 2 is 1.64 bits per heavy atom. The Morgan fingerprint density at radius 3 is 2.09 bits per heavy atom. The summed E-state index contributed by atoms with van der Waals surface area (Å²) in [7, 11) is -0.682. The number of hydrogen-bond donors (Lipinski definition) is 1. The van der Waals surface area contributed by atoms with E-state index in [9.17, 15) is 18.0 Å². The number of carbonyl (C=O) groups excluding carboxylic acids is 2. The quantitative estimate of drug-likeness (QED) is 0.570. The van der Waals surface area contributed by atoms with Crippen LogP contribution in [0.1, 0.15) is 30.0 Å². The molecule has 0 bridgehead atoms. The summed E-state index contributed by atoms with van der Waals surface area (Å²) in [5.41, 5.74) is 2.76. The molecule has 0 saturated heterocycles. The van der Waals surface area contributed by atoms with Gasteiger partial charge < -0.3 is 15.0 Å². The summed E-state index contributed by atoms with van der Waals surface area (Å²) in [4.78, 5) is 27.6. The predicted molar refractivity (Wildman–Crippen MR) is 130 cm³/mol. The molecule has 8 nitrogen and oxygen atoms in total. The summed E-state index contributed by atoms with van der Waals surface area (Å²) < 4.78 is 31.7. The van der Waals surface area contributed by atoms with Crippen LogP contribution >= 0.6 is 0 Å². The second kappa shape index (κ2) is 11.2. The number of para-hydroxylation sites is 1. The van der Waals surface area contributed by atoms with Gasteiger partial charge >= 0.3 is 0 Å². The molecule has 0 heterocycles. The van der Waals surface area contributed by atoms with Crippen molar-refractivity contribution < 1.29 is 22.7 Å². The van der Waals surface area contributed by atoms with Crippen molar-refractivity contribution >= 4 is 27.5 Å². The molecular weight excluding hydrogens is 442 g/mol. The summed E-state index contributed by atoms with van der Waals surface area (Å²) in [6.45, 7) is 5.17. The number of rotatable bonds is 10. The van der Waals surface area contributed by atoms with Crippen molar-refractivity contribution in [3.05, 3.63) is 59.2 Å². The number of sulfonamides is 1. The van der Waals surface area contributed by atoms with Gasteiger partial charge in [-0.2, -0.15) is 0 Å². The predicted octanol–water partition coefficient (Wildman–Crippen LogP) is 2.63. The first-order valence-corrected chi connectivity index (χ1v) is 12.6. The highest BCUT2D eigenvalue weighted by Gasteiger charge is 2.32. The Labute approximate surface area is 196 Å². The molecule has 0 saturated carbocycles. The summed E-state index contributed by atoms with van der Waals surface area (Å²) >= 11 is 0. The Balaban J connectivity index is 2.47. The molecular formula is C24H33N3O5S. The fourth-order valence-electron chi connectivity index (χ4n) is 3.79. The van der Waals surface area contributed by atoms with Crippen LogP contribution in [0.2, 0.25) is 0 Å². The van der Waals surface area contributed by atoms with Gasteiger partial charge in [0.15, 0.2) is 0 Å². The van der Waals surface area contributed by atoms with Gasteiger partial charge in [-0.3, -0.25) is 13.9 Å². The van der Waals surface area contributed by atoms with Crippen molar-refractivity contribution in [2.24, 2.45) is 0 Å². The van der Waals surface area contributed by atoms with Crippen LogP contribution in [0.5, 0.6) is 5.75 Å². The maximum absolute atomic E-state index is 13.6. The van der Waals surface area contributed by atoms with E-state index < -0.39 is 28.5 Å². The molecule has 0 aliphatic heterocycles. The maximum Gasteiger partial charge on any atom is 0.244 e. The average molecular weight is 476 g/mol. The van der Waals surface area contributed by atoms with E-state index in [1.165, 1.54) is 11.9 Å². The van der Waals surface area contributed by atoms with Crippen molar-refractivity contribution in [2.45, 2.75) is 39.8 Å². The SMILES string of the molecule is CCC(C(=O)NC)N(Cc1ccc(OC)cc1)C(=O)CN(c1c(C)cccc1C)S(C)(=O)=O. The molecule has 0 fully saturated rings. The Hall–Kier alpha value is -3.07. The van der Waals surface area contributed by atoms with Gasteiger partial charge in [-0.1, -0.05) is 37.3 Å². The highest BCUT2D eigenvalue weighted by molar-refractivity contribution is 7.92. The fourth-order valence-corrected chi connectivity index (χ4v) is 4.75. The first-order chi connectivity index (χ1) is 15.5. The Morgan fingerprint density at radius 1 is 1.06 bits per heavy atom. The topological polar surface area (TPSA) is 96.0 Å². The molecule has 2 aromatic carbocycles. The first-order valence-electron chi connectivity index (χ1n) is 10.7. The van der Waals surface area contributed by atoms with Crippen LogP contribution in [0.4, 0.5) is 5.69 Å². The van der Waals surface area contributed by atoms with Gasteiger partial charge in [0.05, 0.1) is 19.1 Å². The van der Waals surface area contributed by atoms with E-state index in [2.05, 4.69) is 5.32 Å². The van der Waals surface area contributed by atoms with Crippen molar-refractivity contribution in [3.63, 3.8) is 0 Å². The smallest absolute Gasteiger partial charge is 0.244 e. The zero-order valence-corrected chi connectivity index (χ0v) is 20.9. The summed E-state index contributed by atoms with van der Waals surface area (Å²) in [5, 5.41) is 2.60. The number of ether oxygens (including phenoxy) is 1. The monoisotopic (exact) mass is 475 g/mol. The van der Waals surface area contributed by atoms with Crippen LogP contribution in [0.15, 0.2) is 42.5 Å². The van der Waals surface area contributed by atoms with Crippen LogP contribution in [0, 0.1) is 13.8 Å². The molecule has 33 heavy (non-hydrogen) atoms. The molecule has 180 valence electrons. The second-order valence-electron chi connectivity index (χ2n) is 7.92. The first kappa shape index (κ1) is 26.2. The molecule has 1 N–H and O–H groups in total. The number of anilines is 1. The van der Waals surface area contributed by atoms with E-state index in [0.717, 1.165) is 27.3 Å². The highest BCUT2D eigenvalue weighted by atomic mass is 32.2. The number of benzene rings is 2. The van der Waals surface area contributed by atoms with Crippen molar-refractivity contribution in [2.75, 3.05) is 31.3 Å². The van der Waals surface area contributed by atoms with Gasteiger partial charge in [0.2, 0.25) is 21.8 Å². The van der Waals surface area contributed by atoms with Crippen LogP contribution < -0.4 is 14.4 Å². The average Bonchev–Trinajstić information content (AvgIpc) is 2.77. The molecule has 1 atom stereocenters. The van der Waals surface area contributed by atoms with Gasteiger partial charge in [-0.15, -0.1) is 0 Å². The van der Waals surface area contributed by atoms with Crippen LogP contribution in [0.3, 0.4) is 0 Å². The maximum atomic E-state index is 13.6. The second-order valence-corrected chi connectivity index (χ2v) is 9.82. The zero-order chi connectivity index (χ0) is 24.8. The largest absolute Gasteiger partial charge is 0.497 e. The molecule has 0 spiro atoms. The number of nitrogens with one attached hydrogen (secondary N) is 1. The lowest BCUT2D eigenvalue weighted by molar-refractivity contribution is -0.140. The van der Waals surface area contributed by atoms with E-state index in [1.807, 2.05) is 25.1 Å². The van der Waals surface area contributed by atoms with Crippen molar-refractivity contribution in [1.82, 2.24) is 10.2 Å². The summed E-state index contributed by atoms with van der Waals surface area (Å²) in [6.07, 6.45) is 1.46. The third-order valence-electron chi connectivity index (χ3n) is 5.51. The van der Waals surface area contributed by atoms with Crippen molar-refractivity contribution in [1.29, 1.82) is 0 Å². The summed E-state index contributed by atoms with van der Waals surface area (Å²) in [5.74, 6) is -0.0973. The van der Waals surface area contributed by atoms with E-state index >= 15 is 0 Å². The van der Waals surface area contributed by atoms with E-state index in [0.29, 0.717) is 17.9 Å². The van der Waals surface area contributed by atoms with E-state index in [1.54, 1.807) is 45.2 Å². The molecule has 2 amide bonds. The van der Waals surface area contributed by atoms with E-state index in [-0.39, 0.29) is 12.5 Å². The molecule has 1 unspecified atom stereocenters. The number of aryl methyl sites for hydroxylation is 2. The number of amides is 2. The van der Waals surface area contributed by atoms with Crippen LogP contribution in [-0.2, 0) is 26.2 Å². The standard InChI is InChI=1S/C24H33N3O5S/c1-7-21(24(29)25-4)26(15-19-11-13-20(32-5)14-12-19)22(28)16-27(33(6,30)31)23-17(2)9-8-10-18(23)3/h8-14,21H,7,15-16H2,1-6H3,(H,25,29). The van der Waals surface area contributed by atoms with Gasteiger partial charge in [-0.05, 0) is 49.1 Å². The lowest BCUT2D eigenvalue weighted by Gasteiger charge is -2.33. The van der Waals surface area contributed by atoms with Gasteiger partial charge in [0, 0.05) is 13.6 Å². The Bertz CT molecular complexity index is 1060. The normalized spacial score (nSPS) is 12.1. The lowest BCUT2D eigenvalue weighted by atomic mass is 10.1. The molecule has 2 rings (SSSR count). The molecule has 9 heteroatoms. The minimum atomic E-state index is -3.76. The van der Waals surface area contributed by atoms with Crippen molar-refractivity contribution in [3.8, 4) is 5.75 Å². The third kappa shape index (κ3) is 6.47. The number of nitrogens with zero attached hydrogens (tertiary/aromatic N) is 2. The van der Waals surface area contributed by atoms with E-state index in [4.69, 9.17) is 4.74 Å². The minimum Gasteiger partial charge on any atom is -0.497 e. The molecule has 0 aliphatic rings. The molecule has 0 radical (unpaired) electrons.